The number of nitrogens with one attached hydrogen (secondary N) is 2. The number of ether oxygens (including phenoxy) is 1. The van der Waals surface area contributed by atoms with E-state index >= 15 is 0 Å². The highest BCUT2D eigenvalue weighted by Crippen LogP contribution is 2.40. The molecule has 1 saturated heterocycles. The maximum atomic E-state index is 12.6. The fourth-order valence-electron chi connectivity index (χ4n) is 4.83. The second-order valence-electron chi connectivity index (χ2n) is 9.75. The Kier molecular flexibility index (Phi) is 7.41. The normalized spacial score (nSPS) is 15.3. The van der Waals surface area contributed by atoms with Gasteiger partial charge in [0.1, 0.15) is 5.75 Å². The largest absolute Gasteiger partial charge is 0.494 e. The van der Waals surface area contributed by atoms with Crippen molar-refractivity contribution in [3.63, 3.8) is 0 Å². The number of allylic oxidation sites excluding steroid dienone is 2. The number of carbonyl (C=O) groups is 1. The SMILES string of the molecule is C=C/C=C\C(=O)Nc1cc(Nc2nccc(-c3cnn4c3CCCC4)n2)c(OC)cc1N1CC(N(C)C)C1. The van der Waals surface area contributed by atoms with E-state index in [1.807, 2.05) is 24.4 Å². The molecule has 1 aromatic carbocycles. The van der Waals surface area contributed by atoms with Crippen LogP contribution in [-0.4, -0.2) is 70.9 Å². The van der Waals surface area contributed by atoms with Crippen LogP contribution in [0.3, 0.4) is 0 Å². The Morgan fingerprint density at radius 2 is 2.08 bits per heavy atom. The highest BCUT2D eigenvalue weighted by molar-refractivity contribution is 6.02. The number of likely N-dealkylation sites (N-methyl/N-ethyl adjacent to an activating group) is 1. The highest BCUT2D eigenvalue weighted by Gasteiger charge is 2.31. The number of hydrogen-bond acceptors (Lipinski definition) is 8. The molecule has 10 nitrogen and oxygen atoms in total. The summed E-state index contributed by atoms with van der Waals surface area (Å²) in [6.07, 6.45) is 11.6. The van der Waals surface area contributed by atoms with Crippen molar-refractivity contribution in [1.82, 2.24) is 24.6 Å². The molecule has 2 N–H and O–H groups in total. The van der Waals surface area contributed by atoms with Crippen LogP contribution in [0.2, 0.25) is 0 Å². The van der Waals surface area contributed by atoms with Gasteiger partial charge < -0.3 is 25.2 Å². The van der Waals surface area contributed by atoms with Crippen LogP contribution in [0, 0.1) is 0 Å². The molecule has 3 aromatic rings. The van der Waals surface area contributed by atoms with E-state index in [0.717, 1.165) is 55.8 Å². The van der Waals surface area contributed by atoms with Gasteiger partial charge in [-0.3, -0.25) is 9.48 Å². The number of methoxy groups -OCH3 is 1. The van der Waals surface area contributed by atoms with Gasteiger partial charge in [0.2, 0.25) is 11.9 Å². The monoisotopic (exact) mass is 514 g/mol. The lowest BCUT2D eigenvalue weighted by Crippen LogP contribution is -2.57. The molecule has 0 bridgehead atoms. The predicted molar refractivity (Wildman–Crippen MR) is 150 cm³/mol. The number of aromatic nitrogens is 4. The van der Waals surface area contributed by atoms with Crippen LogP contribution in [0.5, 0.6) is 5.75 Å². The summed E-state index contributed by atoms with van der Waals surface area (Å²) in [4.78, 5) is 26.2. The van der Waals surface area contributed by atoms with E-state index < -0.39 is 0 Å². The molecule has 0 radical (unpaired) electrons. The number of benzene rings is 1. The summed E-state index contributed by atoms with van der Waals surface area (Å²) in [7, 11) is 5.78. The van der Waals surface area contributed by atoms with Crippen LogP contribution < -0.4 is 20.3 Å². The summed E-state index contributed by atoms with van der Waals surface area (Å²) < 4.78 is 7.82. The third-order valence-electron chi connectivity index (χ3n) is 7.05. The average molecular weight is 515 g/mol. The number of fused-ring (bicyclic) bond motifs is 1. The maximum Gasteiger partial charge on any atom is 0.248 e. The van der Waals surface area contributed by atoms with Crippen LogP contribution in [-0.2, 0) is 17.8 Å². The zero-order valence-electron chi connectivity index (χ0n) is 22.1. The van der Waals surface area contributed by atoms with Crippen molar-refractivity contribution < 1.29 is 9.53 Å². The molecule has 2 aromatic heterocycles. The van der Waals surface area contributed by atoms with Gasteiger partial charge in [0.05, 0.1) is 36.1 Å². The number of amides is 1. The molecule has 10 heteroatoms. The van der Waals surface area contributed by atoms with Gasteiger partial charge in [0.15, 0.2) is 0 Å². The smallest absolute Gasteiger partial charge is 0.248 e. The summed E-state index contributed by atoms with van der Waals surface area (Å²) in [6, 6.07) is 6.17. The minimum atomic E-state index is -0.240. The van der Waals surface area contributed by atoms with Gasteiger partial charge in [-0.15, -0.1) is 0 Å². The number of nitrogens with zero attached hydrogens (tertiary/aromatic N) is 6. The minimum absolute atomic E-state index is 0.240. The number of carbonyl (C=O) groups excluding carboxylic acids is 1. The van der Waals surface area contributed by atoms with Crippen LogP contribution >= 0.6 is 0 Å². The lowest BCUT2D eigenvalue weighted by Gasteiger charge is -2.45. The first-order chi connectivity index (χ1) is 18.5. The van der Waals surface area contributed by atoms with Gasteiger partial charge >= 0.3 is 0 Å². The van der Waals surface area contributed by atoms with Crippen molar-refractivity contribution in [3.8, 4) is 17.0 Å². The molecule has 2 aliphatic heterocycles. The Hall–Kier alpha value is -4.18. The fourth-order valence-corrected chi connectivity index (χ4v) is 4.83. The highest BCUT2D eigenvalue weighted by atomic mass is 16.5. The van der Waals surface area contributed by atoms with Gasteiger partial charge in [-0.2, -0.15) is 5.10 Å². The first-order valence-electron chi connectivity index (χ1n) is 12.9. The van der Waals surface area contributed by atoms with Gasteiger partial charge in [-0.1, -0.05) is 18.7 Å². The number of anilines is 4. The van der Waals surface area contributed by atoms with Crippen molar-refractivity contribution in [3.05, 3.63) is 61.1 Å². The van der Waals surface area contributed by atoms with E-state index in [9.17, 15) is 4.79 Å². The first-order valence-corrected chi connectivity index (χ1v) is 12.9. The van der Waals surface area contributed by atoms with Crippen LogP contribution in [0.15, 0.2) is 55.4 Å². The van der Waals surface area contributed by atoms with Crippen LogP contribution in [0.1, 0.15) is 18.5 Å². The topological polar surface area (TPSA) is 100 Å². The number of rotatable bonds is 9. The quantitative estimate of drug-likeness (QED) is 0.328. The molecule has 198 valence electrons. The Morgan fingerprint density at radius 1 is 1.24 bits per heavy atom. The van der Waals surface area contributed by atoms with Crippen molar-refractivity contribution >= 4 is 28.9 Å². The number of hydrogen-bond donors (Lipinski definition) is 2. The molecule has 5 rings (SSSR count). The molecular weight excluding hydrogens is 480 g/mol. The molecule has 2 aliphatic rings. The Balaban J connectivity index is 1.46. The summed E-state index contributed by atoms with van der Waals surface area (Å²) in [5.74, 6) is 0.825. The van der Waals surface area contributed by atoms with Crippen molar-refractivity contribution in [2.45, 2.75) is 31.8 Å². The lowest BCUT2D eigenvalue weighted by molar-refractivity contribution is -0.111. The summed E-state index contributed by atoms with van der Waals surface area (Å²) >= 11 is 0. The molecule has 1 fully saturated rings. The molecule has 0 atom stereocenters. The molecule has 4 heterocycles. The zero-order chi connectivity index (χ0) is 26.6. The van der Waals surface area contributed by atoms with Crippen LogP contribution in [0.25, 0.3) is 11.3 Å². The molecule has 38 heavy (non-hydrogen) atoms. The van der Waals surface area contributed by atoms with E-state index in [1.54, 1.807) is 25.5 Å². The maximum absolute atomic E-state index is 12.6. The van der Waals surface area contributed by atoms with Crippen molar-refractivity contribution in [2.24, 2.45) is 0 Å². The second kappa shape index (κ2) is 11.1. The zero-order valence-corrected chi connectivity index (χ0v) is 22.1. The third-order valence-corrected chi connectivity index (χ3v) is 7.05. The Bertz CT molecular complexity index is 1360. The molecule has 1 amide bonds. The molecule has 0 spiro atoms. The van der Waals surface area contributed by atoms with E-state index in [1.165, 1.54) is 11.8 Å². The molecule has 0 aliphatic carbocycles. The average Bonchev–Trinajstić information content (AvgIpc) is 3.32. The summed E-state index contributed by atoms with van der Waals surface area (Å²) in [6.45, 7) is 6.30. The van der Waals surface area contributed by atoms with Crippen LogP contribution in [0.4, 0.5) is 23.0 Å². The fraction of sp³-hybridized carbons (Fsp3) is 0.357. The molecule has 0 unspecified atom stereocenters. The van der Waals surface area contributed by atoms with Crippen molar-refractivity contribution in [2.75, 3.05) is 49.8 Å². The molecular formula is C28H34N8O2. The van der Waals surface area contributed by atoms with E-state index in [4.69, 9.17) is 9.72 Å². The number of aryl methyl sites for hydroxylation is 1. The second-order valence-corrected chi connectivity index (χ2v) is 9.75. The lowest BCUT2D eigenvalue weighted by atomic mass is 10.0. The third kappa shape index (κ3) is 5.26. The first kappa shape index (κ1) is 25.5. The van der Waals surface area contributed by atoms with E-state index in [2.05, 4.69) is 55.9 Å². The minimum Gasteiger partial charge on any atom is -0.494 e. The van der Waals surface area contributed by atoms with Crippen molar-refractivity contribution in [1.29, 1.82) is 0 Å². The standard InChI is InChI=1S/C28H34N8O2/c1-5-6-10-27(37)31-22-14-23(26(38-4)15-25(22)35-17-19(18-35)34(2)3)33-28-29-12-11-21(32-28)20-16-30-36-13-8-7-9-24(20)36/h5-6,10-12,14-16,19H,1,7-9,13,17-18H2,2-4H3,(H,31,37)(H,29,32,33)/b10-6-. The predicted octanol–water partition coefficient (Wildman–Crippen LogP) is 3.86. The van der Waals surface area contributed by atoms with Gasteiger partial charge in [0, 0.05) is 55.3 Å². The van der Waals surface area contributed by atoms with Gasteiger partial charge in [-0.05, 0) is 45.5 Å². The Morgan fingerprint density at radius 3 is 2.84 bits per heavy atom. The van der Waals surface area contributed by atoms with Gasteiger partial charge in [0.25, 0.3) is 0 Å². The Labute approximate surface area is 223 Å². The van der Waals surface area contributed by atoms with E-state index in [0.29, 0.717) is 29.1 Å². The summed E-state index contributed by atoms with van der Waals surface area (Å²) in [5.41, 5.74) is 5.29. The van der Waals surface area contributed by atoms with Gasteiger partial charge in [-0.25, -0.2) is 9.97 Å². The summed E-state index contributed by atoms with van der Waals surface area (Å²) in [5, 5.41) is 10.9. The molecule has 0 saturated carbocycles. The van der Waals surface area contributed by atoms with E-state index in [-0.39, 0.29) is 5.91 Å².